The third kappa shape index (κ3) is 3.49. The first-order chi connectivity index (χ1) is 10.3. The molecule has 0 radical (unpaired) electrons. The number of nitrogens with one attached hydrogen (secondary N) is 2. The number of carbonyl (C=O) groups excluding carboxylic acids is 1. The number of hydrogen-bond acceptors (Lipinski definition) is 4. The highest BCUT2D eigenvalue weighted by molar-refractivity contribution is 7.10. The Morgan fingerprint density at radius 3 is 2.95 bits per heavy atom. The van der Waals surface area contributed by atoms with Crippen molar-refractivity contribution < 1.29 is 4.79 Å². The van der Waals surface area contributed by atoms with E-state index in [1.165, 1.54) is 0 Å². The summed E-state index contributed by atoms with van der Waals surface area (Å²) in [5.41, 5.74) is 1.77. The van der Waals surface area contributed by atoms with E-state index in [0.717, 1.165) is 41.5 Å². The van der Waals surface area contributed by atoms with Gasteiger partial charge in [0.2, 0.25) is 5.91 Å². The van der Waals surface area contributed by atoms with Gasteiger partial charge in [0.25, 0.3) is 0 Å². The summed E-state index contributed by atoms with van der Waals surface area (Å²) in [6, 6.07) is 11.7. The van der Waals surface area contributed by atoms with Gasteiger partial charge in [-0.05, 0) is 30.0 Å². The zero-order valence-corrected chi connectivity index (χ0v) is 12.5. The van der Waals surface area contributed by atoms with E-state index in [2.05, 4.69) is 15.6 Å². The quantitative estimate of drug-likeness (QED) is 0.912. The molecule has 4 nitrogen and oxygen atoms in total. The second-order valence-corrected chi connectivity index (χ2v) is 5.89. The maximum absolute atomic E-state index is 12.2. The third-order valence-corrected chi connectivity index (χ3v) is 4.14. The van der Waals surface area contributed by atoms with Crippen LogP contribution in [0, 0.1) is 0 Å². The molecule has 21 heavy (non-hydrogen) atoms. The van der Waals surface area contributed by atoms with Crippen LogP contribution >= 0.6 is 11.3 Å². The number of amides is 1. The molecular formula is C16H17N3OS. The maximum Gasteiger partial charge on any atom is 0.229 e. The number of carbonyl (C=O) groups is 1. The van der Waals surface area contributed by atoms with Crippen molar-refractivity contribution >= 4 is 28.8 Å². The number of aliphatic imine (C=N–C) groups is 1. The Hall–Kier alpha value is -2.14. The SMILES string of the molecule is O=C(Cc1cccs1)Nc1ccccc1C1=NCCCN1. The van der Waals surface area contributed by atoms with Gasteiger partial charge in [0.05, 0.1) is 12.1 Å². The van der Waals surface area contributed by atoms with Gasteiger partial charge in [-0.1, -0.05) is 18.2 Å². The molecular weight excluding hydrogens is 282 g/mol. The van der Waals surface area contributed by atoms with Crippen LogP contribution in [0.5, 0.6) is 0 Å². The Kier molecular flexibility index (Phi) is 4.31. The van der Waals surface area contributed by atoms with Gasteiger partial charge in [-0.2, -0.15) is 0 Å². The topological polar surface area (TPSA) is 53.5 Å². The average molecular weight is 299 g/mol. The summed E-state index contributed by atoms with van der Waals surface area (Å²) < 4.78 is 0. The van der Waals surface area contributed by atoms with Crippen LogP contribution in [0.4, 0.5) is 5.69 Å². The molecule has 2 aromatic rings. The molecule has 0 aliphatic carbocycles. The van der Waals surface area contributed by atoms with Crippen LogP contribution in [-0.2, 0) is 11.2 Å². The van der Waals surface area contributed by atoms with Gasteiger partial charge in [0.1, 0.15) is 5.84 Å². The van der Waals surface area contributed by atoms with Crippen molar-refractivity contribution in [2.75, 3.05) is 18.4 Å². The Balaban J connectivity index is 1.76. The van der Waals surface area contributed by atoms with E-state index in [1.807, 2.05) is 41.8 Å². The molecule has 5 heteroatoms. The van der Waals surface area contributed by atoms with Crippen molar-refractivity contribution in [3.8, 4) is 0 Å². The van der Waals surface area contributed by atoms with Gasteiger partial charge in [-0.25, -0.2) is 0 Å². The fourth-order valence-electron chi connectivity index (χ4n) is 2.28. The van der Waals surface area contributed by atoms with Gasteiger partial charge in [-0.3, -0.25) is 9.79 Å². The molecule has 2 N–H and O–H groups in total. The molecule has 108 valence electrons. The van der Waals surface area contributed by atoms with Crippen LogP contribution in [0.2, 0.25) is 0 Å². The van der Waals surface area contributed by atoms with E-state index in [0.29, 0.717) is 6.42 Å². The summed E-state index contributed by atoms with van der Waals surface area (Å²) in [6.07, 6.45) is 1.46. The Morgan fingerprint density at radius 2 is 2.19 bits per heavy atom. The first-order valence-corrected chi connectivity index (χ1v) is 7.91. The van der Waals surface area contributed by atoms with E-state index >= 15 is 0 Å². The number of hydrogen-bond donors (Lipinski definition) is 2. The van der Waals surface area contributed by atoms with E-state index in [4.69, 9.17) is 0 Å². The van der Waals surface area contributed by atoms with Crippen molar-refractivity contribution in [3.05, 3.63) is 52.2 Å². The molecule has 3 rings (SSSR count). The molecule has 2 heterocycles. The highest BCUT2D eigenvalue weighted by atomic mass is 32.1. The molecule has 0 atom stereocenters. The second kappa shape index (κ2) is 6.54. The fraction of sp³-hybridized carbons (Fsp3) is 0.250. The summed E-state index contributed by atoms with van der Waals surface area (Å²) in [5, 5.41) is 8.27. The maximum atomic E-state index is 12.2. The molecule has 0 spiro atoms. The van der Waals surface area contributed by atoms with Crippen LogP contribution < -0.4 is 10.6 Å². The summed E-state index contributed by atoms with van der Waals surface area (Å²) in [5.74, 6) is 0.870. The predicted molar refractivity (Wildman–Crippen MR) is 87.1 cm³/mol. The summed E-state index contributed by atoms with van der Waals surface area (Å²) >= 11 is 1.60. The highest BCUT2D eigenvalue weighted by Crippen LogP contribution is 2.18. The lowest BCUT2D eigenvalue weighted by molar-refractivity contribution is -0.115. The van der Waals surface area contributed by atoms with Crippen molar-refractivity contribution in [1.29, 1.82) is 0 Å². The minimum Gasteiger partial charge on any atom is -0.370 e. The summed E-state index contributed by atoms with van der Waals surface area (Å²) in [6.45, 7) is 1.76. The molecule has 0 unspecified atom stereocenters. The van der Waals surface area contributed by atoms with Crippen LogP contribution in [0.15, 0.2) is 46.8 Å². The van der Waals surface area contributed by atoms with E-state index in [-0.39, 0.29) is 5.91 Å². The zero-order valence-electron chi connectivity index (χ0n) is 11.6. The van der Waals surface area contributed by atoms with Crippen molar-refractivity contribution in [2.24, 2.45) is 4.99 Å². The van der Waals surface area contributed by atoms with Gasteiger partial charge in [-0.15, -0.1) is 11.3 Å². The fourth-order valence-corrected chi connectivity index (χ4v) is 2.98. The van der Waals surface area contributed by atoms with E-state index in [9.17, 15) is 4.79 Å². The van der Waals surface area contributed by atoms with Gasteiger partial charge in [0, 0.05) is 23.5 Å². The number of rotatable bonds is 4. The van der Waals surface area contributed by atoms with Crippen LogP contribution in [-0.4, -0.2) is 24.8 Å². The lowest BCUT2D eigenvalue weighted by Crippen LogP contribution is -2.31. The smallest absolute Gasteiger partial charge is 0.229 e. The molecule has 1 aliphatic heterocycles. The summed E-state index contributed by atoms with van der Waals surface area (Å²) in [7, 11) is 0. The minimum atomic E-state index is 0.00121. The summed E-state index contributed by atoms with van der Waals surface area (Å²) in [4.78, 5) is 17.7. The largest absolute Gasteiger partial charge is 0.370 e. The molecule has 0 bridgehead atoms. The normalized spacial score (nSPS) is 14.2. The van der Waals surface area contributed by atoms with Crippen molar-refractivity contribution in [3.63, 3.8) is 0 Å². The monoisotopic (exact) mass is 299 g/mol. The van der Waals surface area contributed by atoms with Gasteiger partial charge >= 0.3 is 0 Å². The third-order valence-electron chi connectivity index (χ3n) is 3.27. The zero-order chi connectivity index (χ0) is 14.5. The first-order valence-electron chi connectivity index (χ1n) is 7.03. The van der Waals surface area contributed by atoms with Crippen molar-refractivity contribution in [2.45, 2.75) is 12.8 Å². The van der Waals surface area contributed by atoms with Crippen LogP contribution in [0.25, 0.3) is 0 Å². The molecule has 1 aliphatic rings. The first kappa shape index (κ1) is 13.8. The van der Waals surface area contributed by atoms with Gasteiger partial charge in [0.15, 0.2) is 0 Å². The lowest BCUT2D eigenvalue weighted by atomic mass is 10.1. The standard InChI is InChI=1S/C16H17N3OS/c20-15(11-12-5-3-10-21-12)19-14-7-2-1-6-13(14)16-17-8-4-9-18-16/h1-3,5-7,10H,4,8-9,11H2,(H,17,18)(H,19,20). The molecule has 1 amide bonds. The predicted octanol–water partition coefficient (Wildman–Crippen LogP) is 2.67. The second-order valence-electron chi connectivity index (χ2n) is 4.86. The number of amidine groups is 1. The highest BCUT2D eigenvalue weighted by Gasteiger charge is 2.13. The average Bonchev–Trinajstić information content (AvgIpc) is 3.01. The van der Waals surface area contributed by atoms with E-state index in [1.54, 1.807) is 11.3 Å². The number of para-hydroxylation sites is 1. The molecule has 0 saturated carbocycles. The Bertz CT molecular complexity index is 649. The molecule has 0 fully saturated rings. The van der Waals surface area contributed by atoms with Crippen LogP contribution in [0.3, 0.4) is 0 Å². The van der Waals surface area contributed by atoms with Gasteiger partial charge < -0.3 is 10.6 Å². The Morgan fingerprint density at radius 1 is 1.29 bits per heavy atom. The number of thiophene rings is 1. The van der Waals surface area contributed by atoms with Crippen LogP contribution in [0.1, 0.15) is 16.9 Å². The lowest BCUT2D eigenvalue weighted by Gasteiger charge is -2.17. The minimum absolute atomic E-state index is 0.00121. The molecule has 1 aromatic heterocycles. The Labute approximate surface area is 127 Å². The number of nitrogens with zero attached hydrogens (tertiary/aromatic N) is 1. The van der Waals surface area contributed by atoms with Crippen molar-refractivity contribution in [1.82, 2.24) is 5.32 Å². The number of benzene rings is 1. The van der Waals surface area contributed by atoms with E-state index < -0.39 is 0 Å². The number of anilines is 1. The molecule has 0 saturated heterocycles. The molecule has 1 aromatic carbocycles.